The molecule has 0 spiro atoms. The average molecular weight is 310 g/mol. The Morgan fingerprint density at radius 3 is 1.27 bits per heavy atom. The molecule has 1 aromatic rings. The molecule has 0 N–H and O–H groups in total. The molecule has 0 aliphatic rings. The number of benzene rings is 1. The first kappa shape index (κ1) is 12.3. The zero-order valence-corrected chi connectivity index (χ0v) is 10.9. The van der Waals surface area contributed by atoms with Crippen LogP contribution in [0.15, 0.2) is 30.3 Å². The van der Waals surface area contributed by atoms with Gasteiger partial charge in [-0.05, 0) is 6.07 Å². The number of hydrogen-bond donors (Lipinski definition) is 0. The van der Waals surface area contributed by atoms with E-state index in [0.717, 1.165) is 0 Å². The molecule has 0 fully saturated rings. The van der Waals surface area contributed by atoms with Gasteiger partial charge in [0.15, 0.2) is 0 Å². The van der Waals surface area contributed by atoms with Crippen molar-refractivity contribution in [1.29, 1.82) is 0 Å². The predicted molar refractivity (Wildman–Crippen MR) is 48.7 cm³/mol. The molecule has 0 nitrogen and oxygen atoms in total. The second kappa shape index (κ2) is 6.74. The van der Waals surface area contributed by atoms with E-state index in [4.69, 9.17) is 34.1 Å². The van der Waals surface area contributed by atoms with Crippen LogP contribution in [-0.4, -0.2) is 0 Å². The first-order valence-corrected chi connectivity index (χ1v) is 15.3. The Morgan fingerprint density at radius 1 is 0.818 bits per heavy atom. The minimum absolute atomic E-state index is 1.88. The van der Waals surface area contributed by atoms with Gasteiger partial charge in [0, 0.05) is 0 Å². The largest absolute Gasteiger partial charge is 0.0622 e. The van der Waals surface area contributed by atoms with Gasteiger partial charge in [-0.1, -0.05) is 30.3 Å². The predicted octanol–water partition coefficient (Wildman–Crippen LogP) is 4.24. The third-order valence-electron chi connectivity index (χ3n) is 0.607. The number of halogens is 4. The van der Waals surface area contributed by atoms with Crippen LogP contribution in [-0.2, 0) is 15.5 Å². The van der Waals surface area contributed by atoms with Crippen LogP contribution in [0, 0.1) is 6.07 Å². The van der Waals surface area contributed by atoms with Crippen LogP contribution >= 0.6 is 34.1 Å². The Kier molecular flexibility index (Phi) is 7.52. The second-order valence-electron chi connectivity index (χ2n) is 1.51. The summed E-state index contributed by atoms with van der Waals surface area (Å²) >= 11 is -3.29. The smallest absolute Gasteiger partial charge is 0.0184 e. The molecule has 5 heteroatoms. The monoisotopic (exact) mass is 307 g/mol. The van der Waals surface area contributed by atoms with Gasteiger partial charge in [-0.25, -0.2) is 0 Å². The molecule has 0 atom stereocenters. The van der Waals surface area contributed by atoms with E-state index in [1.54, 1.807) is 0 Å². The van der Waals surface area contributed by atoms with Crippen LogP contribution in [0.3, 0.4) is 0 Å². The fourth-order valence-corrected chi connectivity index (χ4v) is 0.342. The van der Waals surface area contributed by atoms with E-state index in [1.165, 1.54) is 0 Å². The first-order chi connectivity index (χ1) is 5.00. The summed E-state index contributed by atoms with van der Waals surface area (Å²) in [4.78, 5) is 0. The van der Waals surface area contributed by atoms with Gasteiger partial charge in [-0.2, -0.15) is 0 Å². The summed E-state index contributed by atoms with van der Waals surface area (Å²) in [6.07, 6.45) is 0. The van der Waals surface area contributed by atoms with Crippen molar-refractivity contribution in [2.75, 3.05) is 0 Å². The van der Waals surface area contributed by atoms with Gasteiger partial charge in [-0.15, -0.1) is 0 Å². The normalized spacial score (nSPS) is 9.82. The molecular weight excluding hydrogens is 305 g/mol. The van der Waals surface area contributed by atoms with Crippen molar-refractivity contribution in [2.24, 2.45) is 0 Å². The minimum atomic E-state index is -3.29. The number of rotatable bonds is 0. The second-order valence-corrected chi connectivity index (χ2v) is 23.9. The maximum atomic E-state index is 5.04. The molecule has 0 amide bonds. The molecule has 1 aromatic carbocycles. The van der Waals surface area contributed by atoms with Crippen molar-refractivity contribution in [2.45, 2.75) is 0 Å². The van der Waals surface area contributed by atoms with E-state index in [1.807, 2.05) is 30.3 Å². The topological polar surface area (TPSA) is 0 Å². The van der Waals surface area contributed by atoms with Crippen LogP contribution in [0.4, 0.5) is 0 Å². The van der Waals surface area contributed by atoms with Crippen molar-refractivity contribution >= 4 is 34.1 Å². The summed E-state index contributed by atoms with van der Waals surface area (Å²) in [6.45, 7) is 0. The van der Waals surface area contributed by atoms with E-state index < -0.39 is 15.5 Å². The zero-order chi connectivity index (χ0) is 8.74. The minimum Gasteiger partial charge on any atom is -0.0622 e. The molecule has 0 aliphatic carbocycles. The molecule has 0 saturated carbocycles. The summed E-state index contributed by atoms with van der Waals surface area (Å²) < 4.78 is 0. The third-order valence-corrected chi connectivity index (χ3v) is 0.607. The average Bonchev–Trinajstić information content (AvgIpc) is 1.88. The summed E-state index contributed by atoms with van der Waals surface area (Å²) in [5.41, 5.74) is 0. The molecule has 0 aromatic heterocycles. The molecule has 11 heavy (non-hydrogen) atoms. The first-order valence-electron chi connectivity index (χ1n) is 2.67. The van der Waals surface area contributed by atoms with Crippen molar-refractivity contribution in [3.05, 3.63) is 36.4 Å². The van der Waals surface area contributed by atoms with Crippen molar-refractivity contribution < 1.29 is 15.5 Å². The van der Waals surface area contributed by atoms with E-state index in [2.05, 4.69) is 6.07 Å². The van der Waals surface area contributed by atoms with Gasteiger partial charge in [-0.3, -0.25) is 0 Å². The van der Waals surface area contributed by atoms with E-state index in [-0.39, 0.29) is 0 Å². The third kappa shape index (κ3) is 18.3. The van der Waals surface area contributed by atoms with E-state index in [9.17, 15) is 0 Å². The summed E-state index contributed by atoms with van der Waals surface area (Å²) in [7, 11) is 20.1. The Balaban J connectivity index is 0.000000187. The Morgan fingerprint density at radius 2 is 1.18 bits per heavy atom. The number of hydrogen-bond acceptors (Lipinski definition) is 0. The summed E-state index contributed by atoms with van der Waals surface area (Å²) in [5, 5.41) is 0. The SMILES string of the molecule is [Cl][Zr]([Cl])([Cl])[Cl].[c]1ccccc1. The summed E-state index contributed by atoms with van der Waals surface area (Å²) in [5.74, 6) is 0. The van der Waals surface area contributed by atoms with Crippen LogP contribution in [0.1, 0.15) is 0 Å². The Labute approximate surface area is 85.0 Å². The van der Waals surface area contributed by atoms with Crippen LogP contribution in [0.5, 0.6) is 0 Å². The summed E-state index contributed by atoms with van der Waals surface area (Å²) in [6, 6.07) is 12.5. The van der Waals surface area contributed by atoms with Gasteiger partial charge < -0.3 is 0 Å². The van der Waals surface area contributed by atoms with Gasteiger partial charge >= 0.3 is 49.5 Å². The molecule has 0 heterocycles. The van der Waals surface area contributed by atoms with Crippen molar-refractivity contribution in [1.82, 2.24) is 0 Å². The maximum Gasteiger partial charge on any atom is -0.0184 e. The van der Waals surface area contributed by atoms with Crippen LogP contribution in [0.25, 0.3) is 0 Å². The standard InChI is InChI=1S/C6H5.4ClH.Zr/c1-2-4-6-5-3-1;;;;;/h1-5H;4*1H;/q;;;;;+4/p-4. The molecule has 0 saturated heterocycles. The molecule has 1 radical (unpaired) electrons. The van der Waals surface area contributed by atoms with Crippen LogP contribution < -0.4 is 0 Å². The Hall–Kier alpha value is 1.26. The maximum absolute atomic E-state index is 5.04. The molecular formula is C6H5Cl4Zr. The Bertz CT molecular complexity index is 139. The fourth-order valence-electron chi connectivity index (χ4n) is 0.342. The van der Waals surface area contributed by atoms with Crippen LogP contribution in [0.2, 0.25) is 0 Å². The van der Waals surface area contributed by atoms with Gasteiger partial charge in [0.1, 0.15) is 0 Å². The quantitative estimate of drug-likeness (QED) is 0.672. The van der Waals surface area contributed by atoms with Crippen molar-refractivity contribution in [3.8, 4) is 0 Å². The molecule has 0 aliphatic heterocycles. The molecule has 61 valence electrons. The van der Waals surface area contributed by atoms with Gasteiger partial charge in [0.2, 0.25) is 0 Å². The van der Waals surface area contributed by atoms with Gasteiger partial charge in [0.05, 0.1) is 0 Å². The van der Waals surface area contributed by atoms with Crippen molar-refractivity contribution in [3.63, 3.8) is 0 Å². The molecule has 0 unspecified atom stereocenters. The molecule has 0 bridgehead atoms. The van der Waals surface area contributed by atoms with E-state index >= 15 is 0 Å². The van der Waals surface area contributed by atoms with Gasteiger partial charge in [0.25, 0.3) is 0 Å². The van der Waals surface area contributed by atoms with E-state index in [0.29, 0.717) is 0 Å². The fraction of sp³-hybridized carbons (Fsp3) is 0. The molecule has 1 rings (SSSR count). The zero-order valence-electron chi connectivity index (χ0n) is 5.40.